The maximum Gasteiger partial charge on any atom is 0.417 e. The number of aromatic nitrogens is 1. The van der Waals surface area contributed by atoms with Gasteiger partial charge in [0.05, 0.1) is 16.2 Å². The Bertz CT molecular complexity index is 809. The van der Waals surface area contributed by atoms with Crippen LogP contribution in [0.4, 0.5) is 18.9 Å². The molecule has 0 aliphatic heterocycles. The monoisotopic (exact) mass is 349 g/mol. The van der Waals surface area contributed by atoms with Crippen LogP contribution in [-0.2, 0) is 22.7 Å². The van der Waals surface area contributed by atoms with Crippen molar-refractivity contribution in [2.75, 3.05) is 5.32 Å². The van der Waals surface area contributed by atoms with Crippen molar-refractivity contribution in [3.05, 3.63) is 40.8 Å². The topological polar surface area (TPSA) is 98.2 Å². The number of aryl methyl sites for hydroxylation is 2. The number of anilines is 1. The van der Waals surface area contributed by atoms with E-state index in [0.29, 0.717) is 23.1 Å². The highest BCUT2D eigenvalue weighted by Crippen LogP contribution is 2.35. The van der Waals surface area contributed by atoms with E-state index in [2.05, 4.69) is 10.5 Å². The SMILES string of the molecule is Cc1noc(C)c1CNc1ccc(S(N)(=O)=O)c(C(F)(F)F)c1. The van der Waals surface area contributed by atoms with E-state index in [1.165, 1.54) is 6.07 Å². The second-order valence-electron chi connectivity index (χ2n) is 4.91. The van der Waals surface area contributed by atoms with Gasteiger partial charge in [-0.15, -0.1) is 0 Å². The second-order valence-corrected chi connectivity index (χ2v) is 6.44. The Labute approximate surface area is 130 Å². The predicted molar refractivity (Wildman–Crippen MR) is 76.1 cm³/mol. The molecule has 23 heavy (non-hydrogen) atoms. The molecular formula is C13H14F3N3O3S. The van der Waals surface area contributed by atoms with Crippen molar-refractivity contribution in [1.29, 1.82) is 0 Å². The number of hydrogen-bond donors (Lipinski definition) is 2. The minimum Gasteiger partial charge on any atom is -0.381 e. The fourth-order valence-electron chi connectivity index (χ4n) is 2.05. The number of hydrogen-bond acceptors (Lipinski definition) is 5. The summed E-state index contributed by atoms with van der Waals surface area (Å²) < 4.78 is 66.6. The Balaban J connectivity index is 2.35. The summed E-state index contributed by atoms with van der Waals surface area (Å²) in [7, 11) is -4.48. The first kappa shape index (κ1) is 17.3. The van der Waals surface area contributed by atoms with Gasteiger partial charge in [0.25, 0.3) is 0 Å². The third kappa shape index (κ3) is 3.82. The summed E-state index contributed by atoms with van der Waals surface area (Å²) in [5.74, 6) is 0.548. The van der Waals surface area contributed by atoms with Gasteiger partial charge >= 0.3 is 6.18 Å². The molecule has 6 nitrogen and oxygen atoms in total. The van der Waals surface area contributed by atoms with Gasteiger partial charge < -0.3 is 9.84 Å². The van der Waals surface area contributed by atoms with Gasteiger partial charge in [0, 0.05) is 17.8 Å². The molecule has 0 radical (unpaired) electrons. The van der Waals surface area contributed by atoms with Crippen molar-refractivity contribution >= 4 is 15.7 Å². The molecule has 0 aliphatic rings. The first-order valence-electron chi connectivity index (χ1n) is 6.40. The van der Waals surface area contributed by atoms with Crippen molar-refractivity contribution in [1.82, 2.24) is 5.16 Å². The molecule has 0 unspecified atom stereocenters. The van der Waals surface area contributed by atoms with Crippen LogP contribution in [0.1, 0.15) is 22.6 Å². The molecule has 0 amide bonds. The maximum absolute atomic E-state index is 13.0. The summed E-state index contributed by atoms with van der Waals surface area (Å²) >= 11 is 0. The summed E-state index contributed by atoms with van der Waals surface area (Å²) in [5.41, 5.74) is 0.120. The van der Waals surface area contributed by atoms with Crippen molar-refractivity contribution in [3.63, 3.8) is 0 Å². The fraction of sp³-hybridized carbons (Fsp3) is 0.308. The number of halogens is 3. The van der Waals surface area contributed by atoms with Crippen LogP contribution in [0.3, 0.4) is 0 Å². The smallest absolute Gasteiger partial charge is 0.381 e. The van der Waals surface area contributed by atoms with E-state index < -0.39 is 26.7 Å². The molecule has 0 aliphatic carbocycles. The van der Waals surface area contributed by atoms with Crippen LogP contribution in [0.25, 0.3) is 0 Å². The normalized spacial score (nSPS) is 12.4. The highest BCUT2D eigenvalue weighted by molar-refractivity contribution is 7.89. The molecule has 2 aromatic rings. The van der Waals surface area contributed by atoms with E-state index in [4.69, 9.17) is 9.66 Å². The second kappa shape index (κ2) is 5.85. The number of nitrogens with two attached hydrogens (primary N) is 1. The van der Waals surface area contributed by atoms with Gasteiger partial charge in [-0.25, -0.2) is 13.6 Å². The largest absolute Gasteiger partial charge is 0.417 e. The lowest BCUT2D eigenvalue weighted by atomic mass is 10.1. The van der Waals surface area contributed by atoms with Gasteiger partial charge in [0.2, 0.25) is 10.0 Å². The Hall–Kier alpha value is -2.07. The third-order valence-electron chi connectivity index (χ3n) is 3.24. The molecule has 3 N–H and O–H groups in total. The first-order chi connectivity index (χ1) is 10.5. The molecule has 0 saturated carbocycles. The first-order valence-corrected chi connectivity index (χ1v) is 7.94. The number of nitrogens with zero attached hydrogens (tertiary/aromatic N) is 1. The zero-order valence-electron chi connectivity index (χ0n) is 12.2. The number of nitrogens with one attached hydrogen (secondary N) is 1. The quantitative estimate of drug-likeness (QED) is 0.884. The standard InChI is InChI=1S/C13H14F3N3O3S/c1-7-10(8(2)22-19-7)6-18-9-3-4-12(23(17,20)21)11(5-9)13(14,15)16/h3-5,18H,6H2,1-2H3,(H2,17,20,21). The molecule has 10 heteroatoms. The summed E-state index contributed by atoms with van der Waals surface area (Å²) in [5, 5.41) is 11.4. The Kier molecular flexibility index (Phi) is 4.40. The molecule has 0 bridgehead atoms. The molecule has 1 aromatic carbocycles. The van der Waals surface area contributed by atoms with Gasteiger partial charge in [-0.3, -0.25) is 0 Å². The van der Waals surface area contributed by atoms with Gasteiger partial charge in [-0.05, 0) is 32.0 Å². The Morgan fingerprint density at radius 2 is 1.96 bits per heavy atom. The van der Waals surface area contributed by atoms with Gasteiger partial charge in [0.1, 0.15) is 5.76 Å². The molecule has 1 aromatic heterocycles. The van der Waals surface area contributed by atoms with Gasteiger partial charge in [-0.1, -0.05) is 5.16 Å². The van der Waals surface area contributed by atoms with Crippen LogP contribution in [0.2, 0.25) is 0 Å². The van der Waals surface area contributed by atoms with E-state index in [-0.39, 0.29) is 12.2 Å². The molecule has 2 rings (SSSR count). The third-order valence-corrected chi connectivity index (χ3v) is 4.21. The van der Waals surface area contributed by atoms with Crippen LogP contribution in [0.5, 0.6) is 0 Å². The lowest BCUT2D eigenvalue weighted by Gasteiger charge is -2.14. The van der Waals surface area contributed by atoms with E-state index in [1.54, 1.807) is 13.8 Å². The van der Waals surface area contributed by atoms with Crippen molar-refractivity contribution in [3.8, 4) is 0 Å². The highest BCUT2D eigenvalue weighted by Gasteiger charge is 2.36. The highest BCUT2D eigenvalue weighted by atomic mass is 32.2. The molecule has 0 fully saturated rings. The lowest BCUT2D eigenvalue weighted by Crippen LogP contribution is -2.19. The van der Waals surface area contributed by atoms with E-state index in [9.17, 15) is 21.6 Å². The number of alkyl halides is 3. The summed E-state index contributed by atoms with van der Waals surface area (Å²) in [6.07, 6.45) is -4.84. The van der Waals surface area contributed by atoms with Crippen LogP contribution < -0.4 is 10.5 Å². The lowest BCUT2D eigenvalue weighted by molar-refractivity contribution is -0.139. The zero-order chi connectivity index (χ0) is 17.4. The molecule has 0 saturated heterocycles. The average Bonchev–Trinajstić information content (AvgIpc) is 2.73. The number of primary sulfonamides is 1. The van der Waals surface area contributed by atoms with Crippen molar-refractivity contribution < 1.29 is 26.1 Å². The van der Waals surface area contributed by atoms with Crippen LogP contribution in [0, 0.1) is 13.8 Å². The molecule has 0 atom stereocenters. The number of benzene rings is 1. The minimum absolute atomic E-state index is 0.102. The number of sulfonamides is 1. The van der Waals surface area contributed by atoms with Gasteiger partial charge in [-0.2, -0.15) is 13.2 Å². The van der Waals surface area contributed by atoms with E-state index in [0.717, 1.165) is 6.07 Å². The molecule has 1 heterocycles. The predicted octanol–water partition coefficient (Wildman–Crippen LogP) is 2.57. The Morgan fingerprint density at radius 3 is 2.43 bits per heavy atom. The van der Waals surface area contributed by atoms with Gasteiger partial charge in [0.15, 0.2) is 0 Å². The maximum atomic E-state index is 13.0. The molecule has 126 valence electrons. The van der Waals surface area contributed by atoms with Crippen LogP contribution in [-0.4, -0.2) is 13.6 Å². The summed E-state index contributed by atoms with van der Waals surface area (Å²) in [4.78, 5) is -0.965. The van der Waals surface area contributed by atoms with Crippen molar-refractivity contribution in [2.24, 2.45) is 5.14 Å². The van der Waals surface area contributed by atoms with E-state index >= 15 is 0 Å². The van der Waals surface area contributed by atoms with Crippen LogP contribution >= 0.6 is 0 Å². The average molecular weight is 349 g/mol. The minimum atomic E-state index is -4.84. The molecular weight excluding hydrogens is 335 g/mol. The Morgan fingerprint density at radius 1 is 1.30 bits per heavy atom. The fourth-order valence-corrected chi connectivity index (χ4v) is 2.79. The number of rotatable bonds is 4. The van der Waals surface area contributed by atoms with Crippen molar-refractivity contribution in [2.45, 2.75) is 31.5 Å². The van der Waals surface area contributed by atoms with E-state index in [1.807, 2.05) is 0 Å². The summed E-state index contributed by atoms with van der Waals surface area (Å²) in [6.45, 7) is 3.58. The summed E-state index contributed by atoms with van der Waals surface area (Å²) in [6, 6.07) is 2.75. The van der Waals surface area contributed by atoms with Crippen LogP contribution in [0.15, 0.2) is 27.6 Å². The zero-order valence-corrected chi connectivity index (χ0v) is 13.0. The molecule has 0 spiro atoms.